The van der Waals surface area contributed by atoms with Crippen LogP contribution in [-0.4, -0.2) is 81.4 Å². The van der Waals surface area contributed by atoms with Crippen molar-refractivity contribution in [3.05, 3.63) is 107 Å². The molecule has 3 aromatic carbocycles. The topological polar surface area (TPSA) is 154 Å². The third-order valence-electron chi connectivity index (χ3n) is 10.2. The molecule has 1 fully saturated rings. The number of hydrogen-bond donors (Lipinski definition) is 3. The van der Waals surface area contributed by atoms with Gasteiger partial charge in [0, 0.05) is 79.6 Å². The zero-order valence-electron chi connectivity index (χ0n) is 30.9. The number of carbonyl (C=O) groups excluding carboxylic acids is 2. The van der Waals surface area contributed by atoms with E-state index in [9.17, 15) is 9.59 Å². The Bertz CT molecular complexity index is 2330. The van der Waals surface area contributed by atoms with Crippen molar-refractivity contribution in [2.45, 2.75) is 46.2 Å². The van der Waals surface area contributed by atoms with E-state index in [2.05, 4.69) is 82.2 Å². The molecule has 0 atom stereocenters. The van der Waals surface area contributed by atoms with E-state index in [0.29, 0.717) is 42.5 Å². The Morgan fingerprint density at radius 1 is 0.981 bits per heavy atom. The second-order valence-electron chi connectivity index (χ2n) is 14.9. The lowest BCUT2D eigenvalue weighted by molar-refractivity contribution is 0.0905. The number of carbonyl (C=O) groups is 2. The van der Waals surface area contributed by atoms with Crippen molar-refractivity contribution in [1.29, 1.82) is 0 Å². The molecule has 13 heteroatoms. The van der Waals surface area contributed by atoms with Crippen LogP contribution in [0.1, 0.15) is 64.3 Å². The molecule has 3 N–H and O–H groups in total. The number of rotatable bonds is 10. The number of nitrogens with one attached hydrogen (secondary N) is 3. The van der Waals surface area contributed by atoms with Crippen molar-refractivity contribution in [3.8, 4) is 28.1 Å². The van der Waals surface area contributed by atoms with Gasteiger partial charge in [0.05, 0.1) is 11.3 Å². The maximum absolute atomic E-state index is 12.7. The van der Waals surface area contributed by atoms with Crippen LogP contribution in [0.5, 0.6) is 5.75 Å². The SMILES string of the molecule is Cc1cc(-c2[nH]nc3ncc(-c4ccc(N5CCN(CCOc6cccc7c6C(=O)NC7)CC5)cc4)cc23)ccc1CNC(=O)c1nc(C(C)(C)C)no1. The van der Waals surface area contributed by atoms with Gasteiger partial charge in [-0.1, -0.05) is 62.3 Å². The van der Waals surface area contributed by atoms with Crippen molar-refractivity contribution < 1.29 is 18.8 Å². The number of H-pyrrole nitrogens is 1. The Kier molecular flexibility index (Phi) is 9.32. The molecule has 0 bridgehead atoms. The average Bonchev–Trinajstić information content (AvgIpc) is 3.94. The minimum atomic E-state index is -0.405. The van der Waals surface area contributed by atoms with Crippen LogP contribution in [0.15, 0.2) is 77.4 Å². The number of amides is 2. The summed E-state index contributed by atoms with van der Waals surface area (Å²) in [5, 5.41) is 18.3. The summed E-state index contributed by atoms with van der Waals surface area (Å²) >= 11 is 0. The zero-order valence-corrected chi connectivity index (χ0v) is 30.9. The van der Waals surface area contributed by atoms with Crippen LogP contribution in [0.2, 0.25) is 0 Å². The van der Waals surface area contributed by atoms with Gasteiger partial charge in [-0.05, 0) is 59.5 Å². The summed E-state index contributed by atoms with van der Waals surface area (Å²) in [7, 11) is 0. The van der Waals surface area contributed by atoms with Crippen molar-refractivity contribution in [2.24, 2.45) is 0 Å². The highest BCUT2D eigenvalue weighted by atomic mass is 16.5. The lowest BCUT2D eigenvalue weighted by atomic mass is 9.96. The molecule has 5 heterocycles. The number of ether oxygens (including phenoxy) is 1. The lowest BCUT2D eigenvalue weighted by Gasteiger charge is -2.36. The maximum Gasteiger partial charge on any atom is 0.315 e. The molecule has 54 heavy (non-hydrogen) atoms. The molecule has 3 aromatic heterocycles. The van der Waals surface area contributed by atoms with E-state index in [1.165, 1.54) is 5.69 Å². The Morgan fingerprint density at radius 2 is 1.78 bits per heavy atom. The molecule has 2 aliphatic rings. The third kappa shape index (κ3) is 7.14. The number of piperazine rings is 1. The number of aryl methyl sites for hydroxylation is 1. The number of hydrogen-bond acceptors (Lipinski definition) is 10. The summed E-state index contributed by atoms with van der Waals surface area (Å²) in [5.41, 5.74) is 9.15. The number of benzene rings is 3. The molecule has 0 saturated carbocycles. The molecule has 0 aliphatic carbocycles. The molecule has 13 nitrogen and oxygen atoms in total. The Morgan fingerprint density at radius 3 is 2.54 bits per heavy atom. The molecule has 2 amide bonds. The summed E-state index contributed by atoms with van der Waals surface area (Å²) < 4.78 is 11.2. The maximum atomic E-state index is 12.7. The fourth-order valence-corrected chi connectivity index (χ4v) is 6.94. The van der Waals surface area contributed by atoms with Crippen LogP contribution < -0.4 is 20.3 Å². The number of aromatic nitrogens is 5. The van der Waals surface area contributed by atoms with Gasteiger partial charge in [-0.25, -0.2) is 4.98 Å². The van der Waals surface area contributed by atoms with Gasteiger partial charge < -0.3 is 24.8 Å². The highest BCUT2D eigenvalue weighted by Gasteiger charge is 2.25. The Hall–Kier alpha value is -6.08. The molecule has 0 unspecified atom stereocenters. The van der Waals surface area contributed by atoms with Crippen LogP contribution in [0.25, 0.3) is 33.4 Å². The number of fused-ring (bicyclic) bond motifs is 2. The quantitative estimate of drug-likeness (QED) is 0.161. The average molecular weight is 726 g/mol. The van der Waals surface area contributed by atoms with Gasteiger partial charge in [-0.2, -0.15) is 10.1 Å². The van der Waals surface area contributed by atoms with Crippen LogP contribution in [-0.2, 0) is 18.5 Å². The standard InChI is InChI=1S/C41H43N9O4/c1-25-20-27(8-9-28(25)22-44-38(52)39-45-40(48-54-39)41(2,3)4)35-32-21-30(24-42-36(32)47-46-35)26-10-12-31(13-11-26)50-16-14-49(15-17-50)18-19-53-33-7-5-6-29-23-43-37(51)34(29)33/h5-13,20-21,24H,14-19,22-23H2,1-4H3,(H,43,51)(H,44,52)(H,42,46,47). The molecule has 276 valence electrons. The molecular weight excluding hydrogens is 683 g/mol. The highest BCUT2D eigenvalue weighted by Crippen LogP contribution is 2.32. The largest absolute Gasteiger partial charge is 0.491 e. The van der Waals surface area contributed by atoms with E-state index in [-0.39, 0.29) is 17.2 Å². The van der Waals surface area contributed by atoms with E-state index in [1.807, 2.05) is 64.2 Å². The fourth-order valence-electron chi connectivity index (χ4n) is 6.94. The molecular formula is C41H43N9O4. The van der Waals surface area contributed by atoms with Gasteiger partial charge in [-0.3, -0.25) is 19.6 Å². The van der Waals surface area contributed by atoms with Crippen LogP contribution in [0, 0.1) is 6.92 Å². The first-order valence-electron chi connectivity index (χ1n) is 18.3. The number of anilines is 1. The first-order valence-corrected chi connectivity index (χ1v) is 18.3. The molecule has 1 saturated heterocycles. The van der Waals surface area contributed by atoms with E-state index >= 15 is 0 Å². The van der Waals surface area contributed by atoms with Crippen LogP contribution in [0.3, 0.4) is 0 Å². The molecule has 2 aliphatic heterocycles. The summed E-state index contributed by atoms with van der Waals surface area (Å²) in [6, 6.07) is 22.7. The molecule has 8 rings (SSSR count). The van der Waals surface area contributed by atoms with Gasteiger partial charge in [0.15, 0.2) is 11.5 Å². The molecule has 0 radical (unpaired) electrons. The first-order chi connectivity index (χ1) is 26.1. The second-order valence-corrected chi connectivity index (χ2v) is 14.9. The van der Waals surface area contributed by atoms with Gasteiger partial charge in [-0.15, -0.1) is 0 Å². The van der Waals surface area contributed by atoms with Crippen LogP contribution >= 0.6 is 0 Å². The predicted octanol–water partition coefficient (Wildman–Crippen LogP) is 5.66. The number of nitrogens with zero attached hydrogens (tertiary/aromatic N) is 6. The van der Waals surface area contributed by atoms with Crippen molar-refractivity contribution in [2.75, 3.05) is 44.2 Å². The van der Waals surface area contributed by atoms with Crippen molar-refractivity contribution in [1.82, 2.24) is 40.9 Å². The summed E-state index contributed by atoms with van der Waals surface area (Å²) in [6.07, 6.45) is 1.86. The predicted molar refractivity (Wildman–Crippen MR) is 205 cm³/mol. The minimum Gasteiger partial charge on any atom is -0.491 e. The van der Waals surface area contributed by atoms with Crippen molar-refractivity contribution in [3.63, 3.8) is 0 Å². The zero-order chi connectivity index (χ0) is 37.4. The van der Waals surface area contributed by atoms with Gasteiger partial charge in [0.25, 0.3) is 5.91 Å². The molecule has 0 spiro atoms. The Balaban J connectivity index is 0.873. The van der Waals surface area contributed by atoms with Crippen molar-refractivity contribution >= 4 is 28.5 Å². The van der Waals surface area contributed by atoms with E-state index in [1.54, 1.807) is 0 Å². The second kappa shape index (κ2) is 14.4. The van der Waals surface area contributed by atoms with Gasteiger partial charge in [0.1, 0.15) is 12.4 Å². The van der Waals surface area contributed by atoms with E-state index in [4.69, 9.17) is 9.26 Å². The fraction of sp³-hybridized carbons (Fsp3) is 0.317. The Labute approximate surface area is 313 Å². The lowest BCUT2D eigenvalue weighted by Crippen LogP contribution is -2.47. The summed E-state index contributed by atoms with van der Waals surface area (Å²) in [4.78, 5) is 38.6. The highest BCUT2D eigenvalue weighted by molar-refractivity contribution is 6.01. The summed E-state index contributed by atoms with van der Waals surface area (Å²) in [5.74, 6) is 0.653. The number of aromatic amines is 1. The van der Waals surface area contributed by atoms with Gasteiger partial charge in [0.2, 0.25) is 0 Å². The normalized spacial score (nSPS) is 14.7. The third-order valence-corrected chi connectivity index (χ3v) is 10.2. The smallest absolute Gasteiger partial charge is 0.315 e. The number of pyridine rings is 1. The van der Waals surface area contributed by atoms with Gasteiger partial charge >= 0.3 is 11.8 Å². The monoisotopic (exact) mass is 725 g/mol. The minimum absolute atomic E-state index is 0.0437. The van der Waals surface area contributed by atoms with E-state index < -0.39 is 5.91 Å². The first kappa shape index (κ1) is 35.0. The summed E-state index contributed by atoms with van der Waals surface area (Å²) in [6.45, 7) is 13.9. The molecule has 6 aromatic rings. The van der Waals surface area contributed by atoms with E-state index in [0.717, 1.165) is 77.2 Å². The van der Waals surface area contributed by atoms with Crippen LogP contribution in [0.4, 0.5) is 5.69 Å².